The van der Waals surface area contributed by atoms with Crippen LogP contribution in [-0.2, 0) is 0 Å². The van der Waals surface area contributed by atoms with Gasteiger partial charge in [0.05, 0.1) is 10.6 Å². The van der Waals surface area contributed by atoms with Crippen molar-refractivity contribution >= 4 is 23.3 Å². The van der Waals surface area contributed by atoms with Gasteiger partial charge in [-0.05, 0) is 19.9 Å². The summed E-state index contributed by atoms with van der Waals surface area (Å²) in [7, 11) is 0. The third kappa shape index (κ3) is 4.27. The van der Waals surface area contributed by atoms with Crippen molar-refractivity contribution in [1.29, 1.82) is 0 Å². The highest BCUT2D eigenvalue weighted by Gasteiger charge is 2.34. The molecule has 0 aliphatic rings. The molecule has 106 valence electrons. The average molecular weight is 296 g/mol. The summed E-state index contributed by atoms with van der Waals surface area (Å²) < 4.78 is 37.3. The van der Waals surface area contributed by atoms with Crippen molar-refractivity contribution in [2.24, 2.45) is 0 Å². The second kappa shape index (κ2) is 5.64. The van der Waals surface area contributed by atoms with E-state index in [-0.39, 0.29) is 16.4 Å². The van der Waals surface area contributed by atoms with Crippen molar-refractivity contribution in [2.75, 3.05) is 12.3 Å². The molecule has 0 spiro atoms. The number of nitrogen functional groups attached to an aromatic ring is 1. The second-order valence-corrected chi connectivity index (χ2v) is 4.64. The Morgan fingerprint density at radius 3 is 2.53 bits per heavy atom. The van der Waals surface area contributed by atoms with E-state index in [1.807, 2.05) is 0 Å². The zero-order valence-electron chi connectivity index (χ0n) is 10.3. The standard InChI is InChI=1S/C11H13ClF3N3O/c1-6(2)18(5-11(13,14)15)10(19)7-3-8(12)9(16)17-4-7/h3-4,6H,5H2,1-2H3,(H2,16,17). The summed E-state index contributed by atoms with van der Waals surface area (Å²) in [5, 5.41) is 0.0292. The van der Waals surface area contributed by atoms with E-state index in [4.69, 9.17) is 17.3 Å². The first kappa shape index (κ1) is 15.6. The van der Waals surface area contributed by atoms with E-state index < -0.39 is 24.7 Å². The van der Waals surface area contributed by atoms with Crippen molar-refractivity contribution < 1.29 is 18.0 Å². The number of hydrogen-bond acceptors (Lipinski definition) is 3. The third-order valence-electron chi connectivity index (χ3n) is 2.35. The van der Waals surface area contributed by atoms with Crippen LogP contribution >= 0.6 is 11.6 Å². The lowest BCUT2D eigenvalue weighted by Gasteiger charge is -2.27. The first-order chi connectivity index (χ1) is 8.61. The number of rotatable bonds is 3. The number of carbonyl (C=O) groups excluding carboxylic acids is 1. The molecule has 2 N–H and O–H groups in total. The number of nitrogens with two attached hydrogens (primary N) is 1. The highest BCUT2D eigenvalue weighted by atomic mass is 35.5. The molecule has 0 bridgehead atoms. The van der Waals surface area contributed by atoms with Crippen LogP contribution in [0.5, 0.6) is 0 Å². The van der Waals surface area contributed by atoms with Crippen molar-refractivity contribution in [2.45, 2.75) is 26.1 Å². The molecular formula is C11H13ClF3N3O. The zero-order chi connectivity index (χ0) is 14.8. The normalized spacial score (nSPS) is 11.7. The van der Waals surface area contributed by atoms with Gasteiger partial charge in [-0.15, -0.1) is 0 Å². The fraction of sp³-hybridized carbons (Fsp3) is 0.455. The third-order valence-corrected chi connectivity index (χ3v) is 2.65. The summed E-state index contributed by atoms with van der Waals surface area (Å²) in [6, 6.07) is 0.600. The van der Waals surface area contributed by atoms with Gasteiger partial charge in [-0.3, -0.25) is 4.79 Å². The van der Waals surface area contributed by atoms with Gasteiger partial charge in [-0.2, -0.15) is 13.2 Å². The molecule has 0 unspecified atom stereocenters. The minimum Gasteiger partial charge on any atom is -0.382 e. The van der Waals surface area contributed by atoms with Gasteiger partial charge in [0.2, 0.25) is 0 Å². The molecule has 0 fully saturated rings. The van der Waals surface area contributed by atoms with Crippen LogP contribution in [0, 0.1) is 0 Å². The second-order valence-electron chi connectivity index (χ2n) is 4.23. The number of anilines is 1. The Kier molecular flexibility index (Phi) is 4.62. The summed E-state index contributed by atoms with van der Waals surface area (Å²) in [5.41, 5.74) is 5.35. The van der Waals surface area contributed by atoms with Crippen LogP contribution in [0.25, 0.3) is 0 Å². The van der Waals surface area contributed by atoms with Crippen LogP contribution in [0.15, 0.2) is 12.3 Å². The summed E-state index contributed by atoms with van der Waals surface area (Å²) in [6.07, 6.45) is -3.36. The monoisotopic (exact) mass is 295 g/mol. The topological polar surface area (TPSA) is 59.2 Å². The largest absolute Gasteiger partial charge is 0.406 e. The van der Waals surface area contributed by atoms with Crippen molar-refractivity contribution in [3.05, 3.63) is 22.8 Å². The number of amides is 1. The predicted molar refractivity (Wildman–Crippen MR) is 65.9 cm³/mol. The number of pyridine rings is 1. The summed E-state index contributed by atoms with van der Waals surface area (Å²) in [6.45, 7) is 1.66. The Hall–Kier alpha value is -1.50. The lowest BCUT2D eigenvalue weighted by atomic mass is 10.2. The van der Waals surface area contributed by atoms with E-state index in [2.05, 4.69) is 4.98 Å². The van der Waals surface area contributed by atoms with Crippen molar-refractivity contribution in [3.8, 4) is 0 Å². The van der Waals surface area contributed by atoms with Crippen molar-refractivity contribution in [3.63, 3.8) is 0 Å². The molecule has 0 aliphatic carbocycles. The van der Waals surface area contributed by atoms with Crippen LogP contribution in [0.2, 0.25) is 5.02 Å². The number of hydrogen-bond donors (Lipinski definition) is 1. The highest BCUT2D eigenvalue weighted by molar-refractivity contribution is 6.33. The molecule has 4 nitrogen and oxygen atoms in total. The molecule has 1 heterocycles. The molecule has 0 saturated heterocycles. The average Bonchev–Trinajstić information content (AvgIpc) is 2.27. The number of nitrogens with zero attached hydrogens (tertiary/aromatic N) is 2. The molecule has 0 aromatic carbocycles. The molecule has 0 atom stereocenters. The molecule has 1 aromatic heterocycles. The Balaban J connectivity index is 3.02. The zero-order valence-corrected chi connectivity index (χ0v) is 11.1. The van der Waals surface area contributed by atoms with Crippen molar-refractivity contribution in [1.82, 2.24) is 9.88 Å². The smallest absolute Gasteiger partial charge is 0.382 e. The number of carbonyl (C=O) groups is 1. The fourth-order valence-corrected chi connectivity index (χ4v) is 1.58. The lowest BCUT2D eigenvalue weighted by molar-refractivity contribution is -0.143. The van der Waals surface area contributed by atoms with E-state index >= 15 is 0 Å². The van der Waals surface area contributed by atoms with E-state index in [0.29, 0.717) is 4.90 Å². The molecule has 1 aromatic rings. The Morgan fingerprint density at radius 2 is 2.11 bits per heavy atom. The maximum Gasteiger partial charge on any atom is 0.406 e. The van der Waals surface area contributed by atoms with Crippen LogP contribution in [0.1, 0.15) is 24.2 Å². The van der Waals surface area contributed by atoms with Crippen LogP contribution < -0.4 is 5.73 Å². The Labute approximate surface area is 113 Å². The number of halogens is 4. The quantitative estimate of drug-likeness (QED) is 0.933. The highest BCUT2D eigenvalue weighted by Crippen LogP contribution is 2.22. The maximum atomic E-state index is 12.4. The lowest BCUT2D eigenvalue weighted by Crippen LogP contribution is -2.43. The molecule has 1 rings (SSSR count). The number of alkyl halides is 3. The van der Waals surface area contributed by atoms with E-state index in [1.54, 1.807) is 0 Å². The molecule has 1 amide bonds. The number of aromatic nitrogens is 1. The van der Waals surface area contributed by atoms with E-state index in [1.165, 1.54) is 19.9 Å². The SMILES string of the molecule is CC(C)N(CC(F)(F)F)C(=O)c1cnc(N)c(Cl)c1. The van der Waals surface area contributed by atoms with Gasteiger partial charge in [-0.1, -0.05) is 11.6 Å². The van der Waals surface area contributed by atoms with Gasteiger partial charge in [0.25, 0.3) is 5.91 Å². The summed E-state index contributed by atoms with van der Waals surface area (Å²) >= 11 is 5.69. The Bertz CT molecular complexity index is 477. The first-order valence-electron chi connectivity index (χ1n) is 5.40. The first-order valence-corrected chi connectivity index (χ1v) is 5.78. The molecule has 0 aliphatic heterocycles. The van der Waals surface area contributed by atoms with Gasteiger partial charge in [-0.25, -0.2) is 4.98 Å². The van der Waals surface area contributed by atoms with E-state index in [9.17, 15) is 18.0 Å². The van der Waals surface area contributed by atoms with Gasteiger partial charge >= 0.3 is 6.18 Å². The van der Waals surface area contributed by atoms with Gasteiger partial charge < -0.3 is 10.6 Å². The summed E-state index contributed by atoms with van der Waals surface area (Å²) in [4.78, 5) is 16.4. The fourth-order valence-electron chi connectivity index (χ4n) is 1.41. The molecule has 8 heteroatoms. The summed E-state index contributed by atoms with van der Waals surface area (Å²) in [5.74, 6) is -0.771. The Morgan fingerprint density at radius 1 is 1.53 bits per heavy atom. The molecular weight excluding hydrogens is 283 g/mol. The predicted octanol–water partition coefficient (Wildman–Crippen LogP) is 2.73. The van der Waals surface area contributed by atoms with Crippen LogP contribution in [-0.4, -0.2) is 34.6 Å². The van der Waals surface area contributed by atoms with Crippen LogP contribution in [0.4, 0.5) is 19.0 Å². The minimum atomic E-state index is -4.47. The molecule has 0 saturated carbocycles. The van der Waals surface area contributed by atoms with Gasteiger partial charge in [0.1, 0.15) is 12.4 Å². The molecule has 0 radical (unpaired) electrons. The van der Waals surface area contributed by atoms with Crippen LogP contribution in [0.3, 0.4) is 0 Å². The van der Waals surface area contributed by atoms with E-state index in [0.717, 1.165) is 6.20 Å². The maximum absolute atomic E-state index is 12.4. The molecule has 19 heavy (non-hydrogen) atoms. The van der Waals surface area contributed by atoms with Gasteiger partial charge in [0, 0.05) is 12.2 Å². The van der Waals surface area contributed by atoms with Gasteiger partial charge in [0.15, 0.2) is 0 Å². The minimum absolute atomic E-state index is 0.0186.